The molecule has 3 rings (SSSR count). The van der Waals surface area contributed by atoms with E-state index in [0.717, 1.165) is 9.13 Å². The van der Waals surface area contributed by atoms with Crippen LogP contribution in [-0.2, 0) is 0 Å². The zero-order chi connectivity index (χ0) is 19.4. The van der Waals surface area contributed by atoms with E-state index < -0.39 is 4.92 Å². The second kappa shape index (κ2) is 8.30. The third-order valence-corrected chi connectivity index (χ3v) is 4.56. The van der Waals surface area contributed by atoms with E-state index in [0.29, 0.717) is 17.4 Å². The van der Waals surface area contributed by atoms with Crippen molar-refractivity contribution in [3.05, 3.63) is 74.1 Å². The van der Waals surface area contributed by atoms with Crippen molar-refractivity contribution < 1.29 is 9.66 Å². The number of nitrogens with one attached hydrogen (secondary N) is 1. The number of hydrogen-bond donors (Lipinski definition) is 1. The Morgan fingerprint density at radius 3 is 2.33 bits per heavy atom. The predicted octanol–water partition coefficient (Wildman–Crippen LogP) is 5.65. The van der Waals surface area contributed by atoms with E-state index in [-0.39, 0.29) is 17.4 Å². The number of benzene rings is 2. The summed E-state index contributed by atoms with van der Waals surface area (Å²) in [5.41, 5.74) is 1.52. The minimum Gasteiger partial charge on any atom is -0.434 e. The summed E-state index contributed by atoms with van der Waals surface area (Å²) in [6, 6.07) is 14.8. The molecule has 1 aromatic heterocycles. The molecule has 138 valence electrons. The van der Waals surface area contributed by atoms with Crippen molar-refractivity contribution in [1.29, 1.82) is 0 Å². The first-order valence-corrected chi connectivity index (χ1v) is 9.31. The Kier molecular flexibility index (Phi) is 5.84. The van der Waals surface area contributed by atoms with Gasteiger partial charge in [0, 0.05) is 9.26 Å². The number of nitrogens with zero attached hydrogens (tertiary/aromatic N) is 3. The fourth-order valence-corrected chi connectivity index (χ4v) is 2.76. The monoisotopic (exact) mass is 476 g/mol. The van der Waals surface area contributed by atoms with Crippen LogP contribution in [0.4, 0.5) is 17.2 Å². The van der Waals surface area contributed by atoms with E-state index in [2.05, 4.69) is 51.7 Å². The van der Waals surface area contributed by atoms with Gasteiger partial charge in [-0.05, 0) is 70.5 Å². The van der Waals surface area contributed by atoms with Crippen molar-refractivity contribution in [2.24, 2.45) is 0 Å². The van der Waals surface area contributed by atoms with Gasteiger partial charge in [-0.15, -0.1) is 0 Å². The normalized spacial score (nSPS) is 10.7. The average Bonchev–Trinajstić information content (AvgIpc) is 2.64. The fraction of sp³-hybridized carbons (Fsp3) is 0.158. The van der Waals surface area contributed by atoms with E-state index in [1.165, 1.54) is 6.33 Å². The van der Waals surface area contributed by atoms with Crippen LogP contribution in [0.5, 0.6) is 11.6 Å². The van der Waals surface area contributed by atoms with Crippen molar-refractivity contribution in [1.82, 2.24) is 9.97 Å². The minimum atomic E-state index is -0.549. The molecule has 0 saturated heterocycles. The Morgan fingerprint density at radius 1 is 1.07 bits per heavy atom. The lowest BCUT2D eigenvalue weighted by atomic mass is 10.0. The zero-order valence-corrected chi connectivity index (χ0v) is 16.9. The van der Waals surface area contributed by atoms with Crippen molar-refractivity contribution >= 4 is 39.8 Å². The number of anilines is 2. The molecule has 0 radical (unpaired) electrons. The molecule has 0 fully saturated rings. The van der Waals surface area contributed by atoms with Gasteiger partial charge in [-0.2, -0.15) is 4.98 Å². The number of halogens is 1. The summed E-state index contributed by atoms with van der Waals surface area (Å²) in [6.07, 6.45) is 1.24. The number of hydrogen-bond acceptors (Lipinski definition) is 6. The highest BCUT2D eigenvalue weighted by molar-refractivity contribution is 14.1. The highest BCUT2D eigenvalue weighted by Crippen LogP contribution is 2.35. The molecule has 0 spiro atoms. The van der Waals surface area contributed by atoms with Crippen LogP contribution in [0.1, 0.15) is 25.3 Å². The van der Waals surface area contributed by atoms with Crippen LogP contribution in [0.2, 0.25) is 0 Å². The maximum atomic E-state index is 11.6. The molecule has 0 aliphatic rings. The summed E-state index contributed by atoms with van der Waals surface area (Å²) in [5, 5.41) is 14.6. The van der Waals surface area contributed by atoms with E-state index in [1.54, 1.807) is 12.1 Å². The SMILES string of the molecule is CC(C)c1ccc(Oc2ncnc(Nc3ccc(I)cc3)c2[N+](=O)[O-])cc1. The molecule has 0 saturated carbocycles. The van der Waals surface area contributed by atoms with Crippen LogP contribution < -0.4 is 10.1 Å². The van der Waals surface area contributed by atoms with Crippen LogP contribution >= 0.6 is 22.6 Å². The topological polar surface area (TPSA) is 90.2 Å². The summed E-state index contributed by atoms with van der Waals surface area (Å²) < 4.78 is 6.73. The molecule has 2 aromatic carbocycles. The van der Waals surface area contributed by atoms with Crippen LogP contribution in [0, 0.1) is 13.7 Å². The maximum Gasteiger partial charge on any atom is 0.373 e. The van der Waals surface area contributed by atoms with Crippen LogP contribution in [0.3, 0.4) is 0 Å². The van der Waals surface area contributed by atoms with Crippen molar-refractivity contribution in [2.75, 3.05) is 5.32 Å². The Labute approximate surface area is 170 Å². The molecule has 1 N–H and O–H groups in total. The highest BCUT2D eigenvalue weighted by Gasteiger charge is 2.25. The van der Waals surface area contributed by atoms with Crippen molar-refractivity contribution in [3.63, 3.8) is 0 Å². The second-order valence-corrected chi connectivity index (χ2v) is 7.34. The quantitative estimate of drug-likeness (QED) is 0.281. The standard InChI is InChI=1S/C19H17IN4O3/c1-12(2)13-3-9-16(10-4-13)27-19-17(24(25)26)18(21-11-22-19)23-15-7-5-14(20)6-8-15/h3-12H,1-2H3,(H,21,22,23). The molecular formula is C19H17IN4O3. The van der Waals surface area contributed by atoms with Crippen LogP contribution in [0.15, 0.2) is 54.9 Å². The molecule has 0 unspecified atom stereocenters. The van der Waals surface area contributed by atoms with Crippen molar-refractivity contribution in [3.8, 4) is 11.6 Å². The maximum absolute atomic E-state index is 11.6. The van der Waals surface area contributed by atoms with Gasteiger partial charge >= 0.3 is 11.6 Å². The summed E-state index contributed by atoms with van der Waals surface area (Å²) in [6.45, 7) is 4.18. The van der Waals surface area contributed by atoms with Gasteiger partial charge < -0.3 is 10.1 Å². The Bertz CT molecular complexity index is 944. The first-order valence-electron chi connectivity index (χ1n) is 8.24. The number of aromatic nitrogens is 2. The number of nitro groups is 1. The summed E-state index contributed by atoms with van der Waals surface area (Å²) in [5.74, 6) is 0.823. The summed E-state index contributed by atoms with van der Waals surface area (Å²) >= 11 is 2.19. The van der Waals surface area contributed by atoms with Gasteiger partial charge in [-0.3, -0.25) is 10.1 Å². The van der Waals surface area contributed by atoms with Gasteiger partial charge in [-0.1, -0.05) is 26.0 Å². The molecule has 3 aromatic rings. The summed E-state index contributed by atoms with van der Waals surface area (Å²) in [4.78, 5) is 19.0. The van der Waals surface area contributed by atoms with Crippen LogP contribution in [-0.4, -0.2) is 14.9 Å². The third-order valence-electron chi connectivity index (χ3n) is 3.84. The van der Waals surface area contributed by atoms with E-state index in [1.807, 2.05) is 36.4 Å². The fourth-order valence-electron chi connectivity index (χ4n) is 2.40. The number of rotatable bonds is 6. The van der Waals surface area contributed by atoms with Gasteiger partial charge in [0.05, 0.1) is 4.92 Å². The average molecular weight is 476 g/mol. The molecule has 0 aliphatic heterocycles. The van der Waals surface area contributed by atoms with Gasteiger partial charge in [-0.25, -0.2) is 4.98 Å². The van der Waals surface area contributed by atoms with Gasteiger partial charge in [0.1, 0.15) is 12.1 Å². The van der Waals surface area contributed by atoms with E-state index >= 15 is 0 Å². The van der Waals surface area contributed by atoms with E-state index in [9.17, 15) is 10.1 Å². The predicted molar refractivity (Wildman–Crippen MR) is 112 cm³/mol. The van der Waals surface area contributed by atoms with Crippen molar-refractivity contribution in [2.45, 2.75) is 19.8 Å². The second-order valence-electron chi connectivity index (χ2n) is 6.09. The molecule has 0 aliphatic carbocycles. The first-order chi connectivity index (χ1) is 12.9. The number of ether oxygens (including phenoxy) is 1. The lowest BCUT2D eigenvalue weighted by molar-refractivity contribution is -0.385. The van der Waals surface area contributed by atoms with Crippen LogP contribution in [0.25, 0.3) is 0 Å². The largest absolute Gasteiger partial charge is 0.434 e. The highest BCUT2D eigenvalue weighted by atomic mass is 127. The Hall–Kier alpha value is -2.75. The molecular weight excluding hydrogens is 459 g/mol. The van der Waals surface area contributed by atoms with Gasteiger partial charge in [0.2, 0.25) is 5.82 Å². The Morgan fingerprint density at radius 2 is 1.74 bits per heavy atom. The zero-order valence-electron chi connectivity index (χ0n) is 14.7. The summed E-state index contributed by atoms with van der Waals surface area (Å²) in [7, 11) is 0. The molecule has 1 heterocycles. The smallest absolute Gasteiger partial charge is 0.373 e. The molecule has 27 heavy (non-hydrogen) atoms. The Balaban J connectivity index is 1.91. The lowest BCUT2D eigenvalue weighted by Gasteiger charge is -2.10. The van der Waals surface area contributed by atoms with Gasteiger partial charge in [0.25, 0.3) is 0 Å². The molecule has 0 amide bonds. The lowest BCUT2D eigenvalue weighted by Crippen LogP contribution is -2.03. The third kappa shape index (κ3) is 4.70. The molecule has 0 atom stereocenters. The van der Waals surface area contributed by atoms with Gasteiger partial charge in [0.15, 0.2) is 0 Å². The first kappa shape index (κ1) is 19.0. The molecule has 0 bridgehead atoms. The van der Waals surface area contributed by atoms with E-state index in [4.69, 9.17) is 4.74 Å². The molecule has 8 heteroatoms. The molecule has 7 nitrogen and oxygen atoms in total. The minimum absolute atomic E-state index is 0.0741.